The molecule has 1 atom stereocenters. The van der Waals surface area contributed by atoms with Crippen molar-refractivity contribution < 1.29 is 9.72 Å². The van der Waals surface area contributed by atoms with E-state index in [1.54, 1.807) is 13.0 Å². The lowest BCUT2D eigenvalue weighted by Crippen LogP contribution is -2.52. The Morgan fingerprint density at radius 3 is 2.71 bits per heavy atom. The summed E-state index contributed by atoms with van der Waals surface area (Å²) in [5.74, 6) is -0.425. The molecule has 0 aliphatic heterocycles. The molecule has 1 aromatic rings. The van der Waals surface area contributed by atoms with Crippen LogP contribution in [0.2, 0.25) is 0 Å². The molecular weight excluding hydrogens is 242 g/mol. The highest BCUT2D eigenvalue weighted by molar-refractivity contribution is 7.15. The summed E-state index contributed by atoms with van der Waals surface area (Å²) in [5, 5.41) is 13.6. The molecule has 7 heteroatoms. The highest BCUT2D eigenvalue weighted by atomic mass is 32.1. The molecule has 1 rings (SSSR count). The van der Waals surface area contributed by atoms with Crippen LogP contribution >= 0.6 is 11.3 Å². The molecule has 0 fully saturated rings. The molecule has 1 heterocycles. The summed E-state index contributed by atoms with van der Waals surface area (Å²) in [4.78, 5) is 22.1. The molecule has 0 saturated heterocycles. The van der Waals surface area contributed by atoms with E-state index in [0.717, 1.165) is 16.2 Å². The minimum absolute atomic E-state index is 0.0964. The number of carbonyl (C=O) groups excluding carboxylic acids is 1. The molecule has 0 aromatic carbocycles. The number of amides is 1. The highest BCUT2D eigenvalue weighted by Crippen LogP contribution is 2.24. The predicted octanol–water partition coefficient (Wildman–Crippen LogP) is 1.40. The number of nitrogens with two attached hydrogens (primary N) is 1. The topological polar surface area (TPSA) is 98.3 Å². The molecule has 1 aromatic heterocycles. The Kier molecular flexibility index (Phi) is 4.19. The van der Waals surface area contributed by atoms with Crippen LogP contribution in [0, 0.1) is 10.1 Å². The second-order valence-corrected chi connectivity index (χ2v) is 5.05. The molecule has 6 nitrogen and oxygen atoms in total. The number of carbonyl (C=O) groups is 1. The van der Waals surface area contributed by atoms with E-state index in [0.29, 0.717) is 13.0 Å². The van der Waals surface area contributed by atoms with E-state index in [1.165, 1.54) is 6.07 Å². The van der Waals surface area contributed by atoms with Crippen molar-refractivity contribution in [3.63, 3.8) is 0 Å². The average molecular weight is 257 g/mol. The maximum atomic E-state index is 11.2. The Morgan fingerprint density at radius 2 is 2.29 bits per heavy atom. The summed E-state index contributed by atoms with van der Waals surface area (Å²) in [6.07, 6.45) is 0.565. The molecule has 1 amide bonds. The molecule has 1 unspecified atom stereocenters. The third kappa shape index (κ3) is 3.24. The Morgan fingerprint density at radius 1 is 1.65 bits per heavy atom. The van der Waals surface area contributed by atoms with Crippen molar-refractivity contribution in [3.05, 3.63) is 27.1 Å². The number of hydrogen-bond acceptors (Lipinski definition) is 5. The molecule has 3 N–H and O–H groups in total. The lowest BCUT2D eigenvalue weighted by atomic mass is 9.98. The number of nitrogens with one attached hydrogen (secondary N) is 1. The summed E-state index contributed by atoms with van der Waals surface area (Å²) < 4.78 is 0. The third-order valence-corrected chi connectivity index (χ3v) is 3.77. The van der Waals surface area contributed by atoms with Gasteiger partial charge in [-0.05, 0) is 19.4 Å². The first-order chi connectivity index (χ1) is 7.89. The molecule has 0 spiro atoms. The van der Waals surface area contributed by atoms with Gasteiger partial charge in [-0.25, -0.2) is 0 Å². The standard InChI is InChI=1S/C10H15N3O3S/c1-3-10(2,9(11)14)12-6-7-4-5-8(17-7)13(15)16/h4-5,12H,3,6H2,1-2H3,(H2,11,14). The summed E-state index contributed by atoms with van der Waals surface area (Å²) in [6, 6.07) is 3.13. The van der Waals surface area contributed by atoms with Crippen molar-refractivity contribution in [2.45, 2.75) is 32.4 Å². The average Bonchev–Trinajstić information content (AvgIpc) is 2.74. The van der Waals surface area contributed by atoms with E-state index < -0.39 is 16.4 Å². The maximum absolute atomic E-state index is 11.2. The minimum Gasteiger partial charge on any atom is -0.368 e. The van der Waals surface area contributed by atoms with Crippen LogP contribution in [0.3, 0.4) is 0 Å². The van der Waals surface area contributed by atoms with Crippen LogP contribution in [-0.4, -0.2) is 16.4 Å². The number of hydrogen-bond donors (Lipinski definition) is 2. The van der Waals surface area contributed by atoms with Gasteiger partial charge in [-0.15, -0.1) is 0 Å². The van der Waals surface area contributed by atoms with Crippen LogP contribution in [0.25, 0.3) is 0 Å². The van der Waals surface area contributed by atoms with Gasteiger partial charge in [0.15, 0.2) is 0 Å². The van der Waals surface area contributed by atoms with Crippen molar-refractivity contribution in [2.75, 3.05) is 0 Å². The van der Waals surface area contributed by atoms with Crippen LogP contribution in [0.15, 0.2) is 12.1 Å². The molecule has 0 aliphatic carbocycles. The Labute approximate surface area is 103 Å². The first kappa shape index (κ1) is 13.6. The number of rotatable bonds is 6. The van der Waals surface area contributed by atoms with Gasteiger partial charge in [0, 0.05) is 17.5 Å². The smallest absolute Gasteiger partial charge is 0.324 e. The number of primary amides is 1. The van der Waals surface area contributed by atoms with Crippen molar-refractivity contribution >= 4 is 22.2 Å². The van der Waals surface area contributed by atoms with Crippen molar-refractivity contribution in [3.8, 4) is 0 Å². The minimum atomic E-state index is -0.779. The highest BCUT2D eigenvalue weighted by Gasteiger charge is 2.28. The van der Waals surface area contributed by atoms with E-state index in [2.05, 4.69) is 5.32 Å². The van der Waals surface area contributed by atoms with Crippen LogP contribution in [0.5, 0.6) is 0 Å². The monoisotopic (exact) mass is 257 g/mol. The third-order valence-electron chi connectivity index (χ3n) is 2.73. The van der Waals surface area contributed by atoms with E-state index in [9.17, 15) is 14.9 Å². The fourth-order valence-corrected chi connectivity index (χ4v) is 1.99. The molecule has 94 valence electrons. The molecule has 0 saturated carbocycles. The van der Waals surface area contributed by atoms with Gasteiger partial charge in [0.05, 0.1) is 10.5 Å². The van der Waals surface area contributed by atoms with Gasteiger partial charge in [-0.3, -0.25) is 20.2 Å². The van der Waals surface area contributed by atoms with Crippen molar-refractivity contribution in [1.82, 2.24) is 5.32 Å². The first-order valence-electron chi connectivity index (χ1n) is 5.17. The second kappa shape index (κ2) is 5.24. The summed E-state index contributed by atoms with van der Waals surface area (Å²) in [7, 11) is 0. The zero-order chi connectivity index (χ0) is 13.1. The molecular formula is C10H15N3O3S. The van der Waals surface area contributed by atoms with Gasteiger partial charge in [-0.2, -0.15) is 0 Å². The first-order valence-corrected chi connectivity index (χ1v) is 5.98. The van der Waals surface area contributed by atoms with Gasteiger partial charge in [0.2, 0.25) is 5.91 Å². The molecule has 0 radical (unpaired) electrons. The largest absolute Gasteiger partial charge is 0.368 e. The van der Waals surface area contributed by atoms with E-state index in [1.807, 2.05) is 6.92 Å². The lowest BCUT2D eigenvalue weighted by molar-refractivity contribution is -0.380. The van der Waals surface area contributed by atoms with E-state index in [-0.39, 0.29) is 5.00 Å². The van der Waals surface area contributed by atoms with Crippen LogP contribution in [0.1, 0.15) is 25.1 Å². The fraction of sp³-hybridized carbons (Fsp3) is 0.500. The SMILES string of the molecule is CCC(C)(NCc1ccc([N+](=O)[O-])s1)C(N)=O. The maximum Gasteiger partial charge on any atom is 0.324 e. The van der Waals surface area contributed by atoms with Crippen molar-refractivity contribution in [2.24, 2.45) is 5.73 Å². The summed E-state index contributed by atoms with van der Waals surface area (Å²) in [6.45, 7) is 3.97. The lowest BCUT2D eigenvalue weighted by Gasteiger charge is -2.25. The zero-order valence-corrected chi connectivity index (χ0v) is 10.5. The van der Waals surface area contributed by atoms with E-state index in [4.69, 9.17) is 5.73 Å². The van der Waals surface area contributed by atoms with Gasteiger partial charge >= 0.3 is 5.00 Å². The van der Waals surface area contributed by atoms with Crippen molar-refractivity contribution in [1.29, 1.82) is 0 Å². The van der Waals surface area contributed by atoms with Gasteiger partial charge in [0.1, 0.15) is 0 Å². The van der Waals surface area contributed by atoms with Gasteiger partial charge in [0.25, 0.3) is 0 Å². The fourth-order valence-electron chi connectivity index (χ4n) is 1.23. The van der Waals surface area contributed by atoms with E-state index >= 15 is 0 Å². The Balaban J connectivity index is 2.66. The van der Waals surface area contributed by atoms with Gasteiger partial charge in [-0.1, -0.05) is 18.3 Å². The van der Waals surface area contributed by atoms with Gasteiger partial charge < -0.3 is 5.73 Å². The normalized spacial score (nSPS) is 14.2. The number of nitrogens with zero attached hydrogens (tertiary/aromatic N) is 1. The van der Waals surface area contributed by atoms with Crippen LogP contribution < -0.4 is 11.1 Å². The number of thiophene rings is 1. The second-order valence-electron chi connectivity index (χ2n) is 3.90. The molecule has 0 aliphatic rings. The molecule has 0 bridgehead atoms. The predicted molar refractivity (Wildman–Crippen MR) is 65.7 cm³/mol. The number of nitro groups is 1. The Hall–Kier alpha value is -1.47. The zero-order valence-electron chi connectivity index (χ0n) is 9.73. The van der Waals surface area contributed by atoms with Crippen LogP contribution in [0.4, 0.5) is 5.00 Å². The molecule has 17 heavy (non-hydrogen) atoms. The summed E-state index contributed by atoms with van der Waals surface area (Å²) >= 11 is 1.09. The summed E-state index contributed by atoms with van der Waals surface area (Å²) in [5.41, 5.74) is 4.51. The van der Waals surface area contributed by atoms with Crippen LogP contribution in [-0.2, 0) is 11.3 Å². The Bertz CT molecular complexity index is 432. The quantitative estimate of drug-likeness (QED) is 0.594.